The number of halogens is 1. The predicted octanol–water partition coefficient (Wildman–Crippen LogP) is 0.848. The Morgan fingerprint density at radius 2 is 2.43 bits per heavy atom. The Hall–Kier alpha value is -1.96. The van der Waals surface area contributed by atoms with E-state index < -0.39 is 0 Å². The lowest BCUT2D eigenvalue weighted by Crippen LogP contribution is -2.48. The lowest BCUT2D eigenvalue weighted by molar-refractivity contribution is -0.120. The van der Waals surface area contributed by atoms with Crippen LogP contribution in [0.5, 0.6) is 0 Å². The molecule has 1 saturated heterocycles. The number of ether oxygens (including phenoxy) is 1. The highest BCUT2D eigenvalue weighted by molar-refractivity contribution is 6.33. The molecule has 1 atom stereocenters. The molecule has 1 aromatic heterocycles. The maximum absolute atomic E-state index is 12.3. The highest BCUT2D eigenvalue weighted by atomic mass is 35.5. The van der Waals surface area contributed by atoms with Crippen molar-refractivity contribution in [3.8, 4) is 5.69 Å². The molecule has 21 heavy (non-hydrogen) atoms. The summed E-state index contributed by atoms with van der Waals surface area (Å²) in [4.78, 5) is 16.2. The third-order valence-corrected chi connectivity index (χ3v) is 3.44. The van der Waals surface area contributed by atoms with Crippen LogP contribution in [0.25, 0.3) is 5.69 Å². The molecule has 0 aliphatic carbocycles. The van der Waals surface area contributed by atoms with Gasteiger partial charge in [-0.15, -0.1) is 0 Å². The van der Waals surface area contributed by atoms with Crippen LogP contribution in [-0.2, 0) is 9.53 Å². The molecule has 1 aromatic carbocycles. The zero-order chi connectivity index (χ0) is 14.7. The Morgan fingerprint density at radius 1 is 1.52 bits per heavy atom. The number of amides is 1. The van der Waals surface area contributed by atoms with E-state index in [0.717, 1.165) is 0 Å². The van der Waals surface area contributed by atoms with E-state index in [1.165, 1.54) is 17.3 Å². The normalized spacial score (nSPS) is 18.4. The molecule has 0 spiro atoms. The second kappa shape index (κ2) is 6.21. The van der Waals surface area contributed by atoms with Crippen molar-refractivity contribution in [3.63, 3.8) is 0 Å². The van der Waals surface area contributed by atoms with Crippen LogP contribution in [-0.4, -0.2) is 46.5 Å². The number of aromatic nitrogens is 3. The molecule has 0 bridgehead atoms. The molecule has 1 unspecified atom stereocenters. The zero-order valence-corrected chi connectivity index (χ0v) is 11.9. The van der Waals surface area contributed by atoms with Crippen molar-refractivity contribution < 1.29 is 9.53 Å². The first-order valence-corrected chi connectivity index (χ1v) is 6.89. The average molecular weight is 308 g/mol. The number of anilines is 1. The Labute approximate surface area is 126 Å². The van der Waals surface area contributed by atoms with Crippen LogP contribution in [0.1, 0.15) is 0 Å². The van der Waals surface area contributed by atoms with Crippen LogP contribution < -0.4 is 10.6 Å². The number of carbonyl (C=O) groups excluding carboxylic acids is 1. The van der Waals surface area contributed by atoms with Gasteiger partial charge in [-0.05, 0) is 12.1 Å². The Kier molecular flexibility index (Phi) is 4.14. The smallest absolute Gasteiger partial charge is 0.243 e. The fourth-order valence-corrected chi connectivity index (χ4v) is 2.39. The van der Waals surface area contributed by atoms with E-state index in [1.807, 2.05) is 0 Å². The Bertz CT molecular complexity index is 625. The molecule has 110 valence electrons. The van der Waals surface area contributed by atoms with E-state index >= 15 is 0 Å². The first-order valence-electron chi connectivity index (χ1n) is 6.51. The van der Waals surface area contributed by atoms with E-state index in [-0.39, 0.29) is 11.9 Å². The number of hydrogen-bond acceptors (Lipinski definition) is 5. The second-order valence-corrected chi connectivity index (χ2v) is 4.95. The van der Waals surface area contributed by atoms with Gasteiger partial charge in [0.05, 0.1) is 23.9 Å². The van der Waals surface area contributed by atoms with Crippen molar-refractivity contribution in [2.45, 2.75) is 6.04 Å². The molecule has 0 radical (unpaired) electrons. The number of rotatable bonds is 3. The van der Waals surface area contributed by atoms with Gasteiger partial charge in [0.15, 0.2) is 0 Å². The third-order valence-electron chi connectivity index (χ3n) is 3.13. The van der Waals surface area contributed by atoms with Gasteiger partial charge in [0.2, 0.25) is 5.91 Å². The molecular formula is C13H14ClN5O2. The van der Waals surface area contributed by atoms with Crippen LogP contribution >= 0.6 is 11.6 Å². The van der Waals surface area contributed by atoms with Crippen LogP contribution in [0.3, 0.4) is 0 Å². The molecule has 1 fully saturated rings. The lowest BCUT2D eigenvalue weighted by atomic mass is 10.2. The van der Waals surface area contributed by atoms with Gasteiger partial charge < -0.3 is 15.4 Å². The van der Waals surface area contributed by atoms with E-state index in [0.29, 0.717) is 36.2 Å². The molecule has 8 heteroatoms. The molecule has 3 rings (SSSR count). The predicted molar refractivity (Wildman–Crippen MR) is 77.6 cm³/mol. The van der Waals surface area contributed by atoms with Crippen LogP contribution in [0.2, 0.25) is 5.02 Å². The number of para-hydroxylation sites is 1. The fourth-order valence-electron chi connectivity index (χ4n) is 2.13. The number of benzene rings is 1. The standard InChI is InChI=1S/C13H14ClN5O2/c14-9-2-1-3-10(12(9)19-8-15-7-17-19)18-13(20)11-6-21-5-4-16-11/h1-3,7-8,11,16H,4-6H2,(H,18,20). The topological polar surface area (TPSA) is 81.1 Å². The lowest BCUT2D eigenvalue weighted by Gasteiger charge is -2.23. The zero-order valence-electron chi connectivity index (χ0n) is 11.1. The summed E-state index contributed by atoms with van der Waals surface area (Å²) in [5, 5.41) is 10.5. The van der Waals surface area contributed by atoms with Crippen molar-refractivity contribution in [3.05, 3.63) is 35.9 Å². The summed E-state index contributed by atoms with van der Waals surface area (Å²) in [5.41, 5.74) is 1.16. The largest absolute Gasteiger partial charge is 0.378 e. The highest BCUT2D eigenvalue weighted by Crippen LogP contribution is 2.27. The van der Waals surface area contributed by atoms with Gasteiger partial charge in [-0.3, -0.25) is 4.79 Å². The molecular weight excluding hydrogens is 294 g/mol. The van der Waals surface area contributed by atoms with Crippen LogP contribution in [0.4, 0.5) is 5.69 Å². The SMILES string of the molecule is O=C(Nc1cccc(Cl)c1-n1cncn1)C1COCCN1. The molecule has 1 amide bonds. The summed E-state index contributed by atoms with van der Waals surface area (Å²) in [6.07, 6.45) is 2.93. The second-order valence-electron chi connectivity index (χ2n) is 4.55. The number of morpholine rings is 1. The summed E-state index contributed by atoms with van der Waals surface area (Å²) in [5.74, 6) is -0.168. The van der Waals surface area contributed by atoms with Gasteiger partial charge in [0.1, 0.15) is 24.4 Å². The Morgan fingerprint density at radius 3 is 3.14 bits per heavy atom. The van der Waals surface area contributed by atoms with Crippen molar-refractivity contribution >= 4 is 23.2 Å². The first-order chi connectivity index (χ1) is 10.3. The minimum absolute atomic E-state index is 0.168. The van der Waals surface area contributed by atoms with Gasteiger partial charge in [0.25, 0.3) is 0 Å². The first kappa shape index (κ1) is 14.0. The summed E-state index contributed by atoms with van der Waals surface area (Å²) in [7, 11) is 0. The number of carbonyl (C=O) groups is 1. The van der Waals surface area contributed by atoms with E-state index in [2.05, 4.69) is 20.7 Å². The maximum Gasteiger partial charge on any atom is 0.243 e. The third kappa shape index (κ3) is 3.05. The molecule has 2 N–H and O–H groups in total. The van der Waals surface area contributed by atoms with E-state index in [1.54, 1.807) is 18.2 Å². The van der Waals surface area contributed by atoms with Crippen molar-refractivity contribution in [2.75, 3.05) is 25.1 Å². The highest BCUT2D eigenvalue weighted by Gasteiger charge is 2.22. The quantitative estimate of drug-likeness (QED) is 0.878. The van der Waals surface area contributed by atoms with Gasteiger partial charge in [0, 0.05) is 6.54 Å². The summed E-state index contributed by atoms with van der Waals surface area (Å²) < 4.78 is 6.81. The summed E-state index contributed by atoms with van der Waals surface area (Å²) in [6, 6.07) is 4.89. The molecule has 2 heterocycles. The molecule has 1 aliphatic heterocycles. The fraction of sp³-hybridized carbons (Fsp3) is 0.308. The van der Waals surface area contributed by atoms with Gasteiger partial charge in [-0.1, -0.05) is 17.7 Å². The molecule has 2 aromatic rings. The Balaban J connectivity index is 1.85. The maximum atomic E-state index is 12.3. The van der Waals surface area contributed by atoms with Crippen molar-refractivity contribution in [2.24, 2.45) is 0 Å². The van der Waals surface area contributed by atoms with Gasteiger partial charge in [-0.25, -0.2) is 9.67 Å². The number of nitrogens with one attached hydrogen (secondary N) is 2. The molecule has 7 nitrogen and oxygen atoms in total. The van der Waals surface area contributed by atoms with Gasteiger partial charge >= 0.3 is 0 Å². The van der Waals surface area contributed by atoms with E-state index in [9.17, 15) is 4.79 Å². The minimum Gasteiger partial charge on any atom is -0.378 e. The van der Waals surface area contributed by atoms with Crippen molar-refractivity contribution in [1.82, 2.24) is 20.1 Å². The van der Waals surface area contributed by atoms with Crippen molar-refractivity contribution in [1.29, 1.82) is 0 Å². The average Bonchev–Trinajstić information content (AvgIpc) is 3.02. The monoisotopic (exact) mass is 307 g/mol. The summed E-state index contributed by atoms with van der Waals surface area (Å²) in [6.45, 7) is 1.62. The van der Waals surface area contributed by atoms with E-state index in [4.69, 9.17) is 16.3 Å². The summed E-state index contributed by atoms with van der Waals surface area (Å²) >= 11 is 6.21. The van der Waals surface area contributed by atoms with Crippen LogP contribution in [0.15, 0.2) is 30.9 Å². The number of nitrogens with zero attached hydrogens (tertiary/aromatic N) is 3. The number of hydrogen-bond donors (Lipinski definition) is 2. The van der Waals surface area contributed by atoms with Crippen LogP contribution in [0, 0.1) is 0 Å². The molecule has 1 aliphatic rings. The molecule has 0 saturated carbocycles. The van der Waals surface area contributed by atoms with Gasteiger partial charge in [-0.2, -0.15) is 5.10 Å². The minimum atomic E-state index is -0.374.